The third-order valence-electron chi connectivity index (χ3n) is 3.50. The van der Waals surface area contributed by atoms with E-state index >= 15 is 0 Å². The fourth-order valence-electron chi connectivity index (χ4n) is 2.34. The number of oxazole rings is 1. The number of rotatable bonds is 5. The van der Waals surface area contributed by atoms with E-state index in [4.69, 9.17) is 4.42 Å². The minimum Gasteiger partial charge on any atom is -0.431 e. The third-order valence-corrected chi connectivity index (χ3v) is 4.32. The number of carbonyl (C=O) groups excluding carboxylic acids is 2. The van der Waals surface area contributed by atoms with E-state index in [0.717, 1.165) is 31.4 Å². The lowest BCUT2D eigenvalue weighted by Gasteiger charge is -2.15. The monoisotopic (exact) mass is 319 g/mol. The molecule has 116 valence electrons. The average molecular weight is 319 g/mol. The fourth-order valence-corrected chi connectivity index (χ4v) is 3.01. The Balaban J connectivity index is 1.44. The van der Waals surface area contributed by atoms with E-state index < -0.39 is 0 Å². The second-order valence-corrected chi connectivity index (χ2v) is 6.03. The van der Waals surface area contributed by atoms with Gasteiger partial charge >= 0.3 is 0 Å². The molecule has 0 spiro atoms. The van der Waals surface area contributed by atoms with Crippen molar-refractivity contribution in [2.24, 2.45) is 0 Å². The fraction of sp³-hybridized carbons (Fsp3) is 0.400. The molecule has 2 heterocycles. The maximum absolute atomic E-state index is 11.8. The van der Waals surface area contributed by atoms with Gasteiger partial charge in [0.15, 0.2) is 5.58 Å². The second-order valence-electron chi connectivity index (χ2n) is 5.10. The van der Waals surface area contributed by atoms with Gasteiger partial charge in [-0.3, -0.25) is 9.59 Å². The molecule has 1 aliphatic heterocycles. The van der Waals surface area contributed by atoms with Crippen LogP contribution in [0.15, 0.2) is 33.9 Å². The summed E-state index contributed by atoms with van der Waals surface area (Å²) in [6.45, 7) is 1.66. The number of thioether (sulfide) groups is 1. The van der Waals surface area contributed by atoms with Gasteiger partial charge in [-0.1, -0.05) is 23.9 Å². The zero-order valence-electron chi connectivity index (χ0n) is 12.1. The summed E-state index contributed by atoms with van der Waals surface area (Å²) in [7, 11) is 0. The van der Waals surface area contributed by atoms with E-state index in [1.807, 2.05) is 24.3 Å². The average Bonchev–Trinajstić information content (AvgIpc) is 3.19. The van der Waals surface area contributed by atoms with Crippen LogP contribution in [-0.2, 0) is 9.59 Å². The minimum atomic E-state index is -0.195. The predicted octanol–water partition coefficient (Wildman–Crippen LogP) is 1.66. The highest BCUT2D eigenvalue weighted by atomic mass is 32.2. The van der Waals surface area contributed by atoms with Gasteiger partial charge in [0, 0.05) is 13.1 Å². The molecule has 3 rings (SSSR count). The van der Waals surface area contributed by atoms with Crippen molar-refractivity contribution < 1.29 is 14.0 Å². The Labute approximate surface area is 132 Å². The highest BCUT2D eigenvalue weighted by Gasteiger charge is 2.18. The molecule has 1 aromatic heterocycles. The van der Waals surface area contributed by atoms with E-state index in [2.05, 4.69) is 10.3 Å². The molecule has 0 bridgehead atoms. The van der Waals surface area contributed by atoms with E-state index in [0.29, 0.717) is 10.8 Å². The summed E-state index contributed by atoms with van der Waals surface area (Å²) in [5.41, 5.74) is 1.48. The molecule has 0 atom stereocenters. The number of benzene rings is 1. The highest BCUT2D eigenvalue weighted by molar-refractivity contribution is 7.99. The molecule has 1 aromatic carbocycles. The third kappa shape index (κ3) is 3.59. The molecule has 2 aromatic rings. The van der Waals surface area contributed by atoms with Crippen molar-refractivity contribution in [1.82, 2.24) is 15.2 Å². The van der Waals surface area contributed by atoms with Gasteiger partial charge in [-0.25, -0.2) is 4.98 Å². The van der Waals surface area contributed by atoms with Crippen molar-refractivity contribution in [2.75, 3.05) is 25.4 Å². The zero-order valence-corrected chi connectivity index (χ0v) is 12.9. The van der Waals surface area contributed by atoms with Crippen molar-refractivity contribution in [1.29, 1.82) is 0 Å². The molecule has 0 saturated carbocycles. The summed E-state index contributed by atoms with van der Waals surface area (Å²) in [6, 6.07) is 7.45. The van der Waals surface area contributed by atoms with Gasteiger partial charge in [-0.2, -0.15) is 0 Å². The Morgan fingerprint density at radius 2 is 2.05 bits per heavy atom. The van der Waals surface area contributed by atoms with Gasteiger partial charge in [0.05, 0.1) is 12.3 Å². The molecule has 1 fully saturated rings. The van der Waals surface area contributed by atoms with Crippen LogP contribution >= 0.6 is 11.8 Å². The molecule has 2 amide bonds. The lowest BCUT2D eigenvalue weighted by Crippen LogP contribution is -2.39. The van der Waals surface area contributed by atoms with Gasteiger partial charge in [0.2, 0.25) is 11.8 Å². The summed E-state index contributed by atoms with van der Waals surface area (Å²) in [5.74, 6) is -0.0300. The molecule has 0 unspecified atom stereocenters. The van der Waals surface area contributed by atoms with Crippen LogP contribution in [-0.4, -0.2) is 47.1 Å². The van der Waals surface area contributed by atoms with Crippen molar-refractivity contribution in [3.05, 3.63) is 24.3 Å². The van der Waals surface area contributed by atoms with Gasteiger partial charge in [0.25, 0.3) is 5.22 Å². The molecule has 1 saturated heterocycles. The maximum Gasteiger partial charge on any atom is 0.257 e. The summed E-state index contributed by atoms with van der Waals surface area (Å²) in [4.78, 5) is 29.7. The Kier molecular flexibility index (Phi) is 4.62. The van der Waals surface area contributed by atoms with Gasteiger partial charge < -0.3 is 14.6 Å². The number of aromatic nitrogens is 1. The largest absolute Gasteiger partial charge is 0.431 e. The minimum absolute atomic E-state index is 0.0160. The summed E-state index contributed by atoms with van der Waals surface area (Å²) in [5, 5.41) is 3.10. The lowest BCUT2D eigenvalue weighted by molar-refractivity contribution is -0.131. The zero-order chi connectivity index (χ0) is 15.4. The lowest BCUT2D eigenvalue weighted by atomic mass is 10.3. The van der Waals surface area contributed by atoms with E-state index in [9.17, 15) is 9.59 Å². The highest BCUT2D eigenvalue weighted by Crippen LogP contribution is 2.22. The molecule has 0 radical (unpaired) electrons. The number of nitrogens with one attached hydrogen (secondary N) is 1. The van der Waals surface area contributed by atoms with Crippen LogP contribution in [0, 0.1) is 0 Å². The number of amides is 2. The first-order valence-corrected chi connectivity index (χ1v) is 8.24. The smallest absolute Gasteiger partial charge is 0.257 e. The molecule has 1 aliphatic rings. The van der Waals surface area contributed by atoms with E-state index in [1.165, 1.54) is 11.8 Å². The van der Waals surface area contributed by atoms with Crippen LogP contribution in [0.1, 0.15) is 12.8 Å². The van der Waals surface area contributed by atoms with E-state index in [-0.39, 0.29) is 24.1 Å². The van der Waals surface area contributed by atoms with Gasteiger partial charge in [-0.15, -0.1) is 0 Å². The standard InChI is InChI=1S/C15H17N3O3S/c19-13(16-9-14(20)18-7-3-4-8-18)10-22-15-17-11-5-1-2-6-12(11)21-15/h1-2,5-6H,3-4,7-10H2,(H,16,19). The Hall–Kier alpha value is -2.02. The van der Waals surface area contributed by atoms with Crippen LogP contribution < -0.4 is 5.32 Å². The first-order valence-electron chi connectivity index (χ1n) is 7.25. The number of carbonyl (C=O) groups is 2. The topological polar surface area (TPSA) is 75.4 Å². The number of hydrogen-bond donors (Lipinski definition) is 1. The van der Waals surface area contributed by atoms with Crippen LogP contribution in [0.3, 0.4) is 0 Å². The van der Waals surface area contributed by atoms with Crippen LogP contribution in [0.2, 0.25) is 0 Å². The second kappa shape index (κ2) is 6.83. The summed E-state index contributed by atoms with van der Waals surface area (Å²) in [6.07, 6.45) is 2.10. The Morgan fingerprint density at radius 1 is 1.27 bits per heavy atom. The summed E-state index contributed by atoms with van der Waals surface area (Å²) >= 11 is 1.22. The molecule has 22 heavy (non-hydrogen) atoms. The Morgan fingerprint density at radius 3 is 2.82 bits per heavy atom. The number of nitrogens with zero attached hydrogens (tertiary/aromatic N) is 2. The van der Waals surface area contributed by atoms with Gasteiger partial charge in [-0.05, 0) is 25.0 Å². The first kappa shape index (κ1) is 14.9. The number of hydrogen-bond acceptors (Lipinski definition) is 5. The molecule has 7 heteroatoms. The predicted molar refractivity (Wildman–Crippen MR) is 83.6 cm³/mol. The van der Waals surface area contributed by atoms with Crippen molar-refractivity contribution in [3.8, 4) is 0 Å². The molecule has 1 N–H and O–H groups in total. The van der Waals surface area contributed by atoms with Gasteiger partial charge in [0.1, 0.15) is 5.52 Å². The van der Waals surface area contributed by atoms with Crippen LogP contribution in [0.5, 0.6) is 0 Å². The Bertz CT molecular complexity index is 646. The van der Waals surface area contributed by atoms with Crippen molar-refractivity contribution in [3.63, 3.8) is 0 Å². The molecule has 6 nitrogen and oxygen atoms in total. The number of para-hydroxylation sites is 2. The van der Waals surface area contributed by atoms with Crippen LogP contribution in [0.4, 0.5) is 0 Å². The normalized spacial score (nSPS) is 14.5. The first-order chi connectivity index (χ1) is 10.7. The van der Waals surface area contributed by atoms with Crippen molar-refractivity contribution >= 4 is 34.7 Å². The SMILES string of the molecule is O=C(CSc1nc2ccccc2o1)NCC(=O)N1CCCC1. The van der Waals surface area contributed by atoms with Crippen LogP contribution in [0.25, 0.3) is 11.1 Å². The maximum atomic E-state index is 11.8. The number of likely N-dealkylation sites (tertiary alicyclic amines) is 1. The molecule has 0 aliphatic carbocycles. The van der Waals surface area contributed by atoms with Crippen molar-refractivity contribution in [2.45, 2.75) is 18.1 Å². The van der Waals surface area contributed by atoms with E-state index in [1.54, 1.807) is 4.90 Å². The number of fused-ring (bicyclic) bond motifs is 1. The molecular formula is C15H17N3O3S. The summed E-state index contributed by atoms with van der Waals surface area (Å²) < 4.78 is 5.52. The molecular weight excluding hydrogens is 302 g/mol. The quantitative estimate of drug-likeness (QED) is 0.848.